The molecule has 98 valence electrons. The lowest BCUT2D eigenvalue weighted by molar-refractivity contribution is -0.119. The Morgan fingerprint density at radius 3 is 2.82 bits per heavy atom. The van der Waals surface area contributed by atoms with Gasteiger partial charge < -0.3 is 10.4 Å². The highest BCUT2D eigenvalue weighted by molar-refractivity contribution is 5.78. The maximum absolute atomic E-state index is 11.0. The van der Waals surface area contributed by atoms with Crippen LogP contribution in [0.5, 0.6) is 0 Å². The molecule has 0 radical (unpaired) electrons. The molecular weight excluding hydrogens is 214 g/mol. The fraction of sp³-hybridized carbons (Fsp3) is 0.786. The van der Waals surface area contributed by atoms with Crippen LogP contribution in [0.3, 0.4) is 0 Å². The summed E-state index contributed by atoms with van der Waals surface area (Å²) in [5, 5.41) is 13.0. The van der Waals surface area contributed by atoms with Gasteiger partial charge in [0.1, 0.15) is 0 Å². The Labute approximate surface area is 104 Å². The zero-order valence-electron chi connectivity index (χ0n) is 11.2. The third-order valence-electron chi connectivity index (χ3n) is 3.53. The van der Waals surface area contributed by atoms with E-state index in [1.54, 1.807) is 0 Å². The number of nitrogens with one attached hydrogen (secondary N) is 1. The van der Waals surface area contributed by atoms with Crippen LogP contribution in [0.4, 0.5) is 0 Å². The summed E-state index contributed by atoms with van der Waals surface area (Å²) < 4.78 is 0. The summed E-state index contributed by atoms with van der Waals surface area (Å²) >= 11 is 0. The standard InChI is InChI=1S/C14H25NO2/c1-4-5-10-14(2,3)12(16)8-6-11-7-9-13(17)15-11/h6,8,11-12,16H,4-5,7,9-10H2,1-3H3,(H,15,17). The van der Waals surface area contributed by atoms with Crippen molar-refractivity contribution in [1.82, 2.24) is 5.32 Å². The Bertz CT molecular complexity index is 284. The number of aliphatic hydroxyl groups is 1. The smallest absolute Gasteiger partial charge is 0.220 e. The minimum Gasteiger partial charge on any atom is -0.388 e. The molecule has 1 rings (SSSR count). The number of unbranched alkanes of at least 4 members (excludes halogenated alkanes) is 1. The third-order valence-corrected chi connectivity index (χ3v) is 3.53. The first kappa shape index (κ1) is 14.2. The summed E-state index contributed by atoms with van der Waals surface area (Å²) in [5.74, 6) is 0.111. The average molecular weight is 239 g/mol. The van der Waals surface area contributed by atoms with Gasteiger partial charge in [-0.25, -0.2) is 0 Å². The molecule has 0 saturated carbocycles. The second-order valence-electron chi connectivity index (χ2n) is 5.63. The number of hydrogen-bond donors (Lipinski definition) is 2. The molecule has 0 aromatic carbocycles. The van der Waals surface area contributed by atoms with Crippen LogP contribution >= 0.6 is 0 Å². The van der Waals surface area contributed by atoms with Gasteiger partial charge in [0, 0.05) is 12.5 Å². The van der Waals surface area contributed by atoms with Crippen molar-refractivity contribution in [3.8, 4) is 0 Å². The van der Waals surface area contributed by atoms with Crippen LogP contribution in [0.15, 0.2) is 12.2 Å². The van der Waals surface area contributed by atoms with Crippen molar-refractivity contribution in [1.29, 1.82) is 0 Å². The second kappa shape index (κ2) is 6.20. The molecule has 3 nitrogen and oxygen atoms in total. The minimum absolute atomic E-state index is 0.0882. The largest absolute Gasteiger partial charge is 0.388 e. The predicted molar refractivity (Wildman–Crippen MR) is 69.6 cm³/mol. The number of amides is 1. The van der Waals surface area contributed by atoms with Gasteiger partial charge in [0.25, 0.3) is 0 Å². The fourth-order valence-electron chi connectivity index (χ4n) is 2.06. The SMILES string of the molecule is CCCCC(C)(C)C(O)C=CC1CCC(=O)N1. The number of carbonyl (C=O) groups excluding carboxylic acids is 1. The van der Waals surface area contributed by atoms with Crippen molar-refractivity contribution in [2.24, 2.45) is 5.41 Å². The van der Waals surface area contributed by atoms with Crippen LogP contribution in [-0.4, -0.2) is 23.2 Å². The van der Waals surface area contributed by atoms with E-state index in [2.05, 4.69) is 26.1 Å². The van der Waals surface area contributed by atoms with E-state index in [1.165, 1.54) is 0 Å². The zero-order valence-corrected chi connectivity index (χ0v) is 11.2. The van der Waals surface area contributed by atoms with Gasteiger partial charge in [-0.2, -0.15) is 0 Å². The maximum Gasteiger partial charge on any atom is 0.220 e. The first-order chi connectivity index (χ1) is 7.95. The van der Waals surface area contributed by atoms with Crippen molar-refractivity contribution < 1.29 is 9.90 Å². The second-order valence-corrected chi connectivity index (χ2v) is 5.63. The Kier molecular flexibility index (Phi) is 5.19. The van der Waals surface area contributed by atoms with Crippen LogP contribution in [0.2, 0.25) is 0 Å². The maximum atomic E-state index is 11.0. The fourth-order valence-corrected chi connectivity index (χ4v) is 2.06. The summed E-state index contributed by atoms with van der Waals surface area (Å²) in [6, 6.07) is 0.110. The first-order valence-corrected chi connectivity index (χ1v) is 6.61. The summed E-state index contributed by atoms with van der Waals surface area (Å²) in [4.78, 5) is 11.0. The van der Waals surface area contributed by atoms with E-state index in [1.807, 2.05) is 12.2 Å². The molecule has 1 aliphatic rings. The van der Waals surface area contributed by atoms with Gasteiger partial charge in [-0.15, -0.1) is 0 Å². The van der Waals surface area contributed by atoms with E-state index in [4.69, 9.17) is 0 Å². The summed E-state index contributed by atoms with van der Waals surface area (Å²) in [6.45, 7) is 6.34. The Morgan fingerprint density at radius 2 is 2.29 bits per heavy atom. The molecule has 1 amide bonds. The van der Waals surface area contributed by atoms with Gasteiger partial charge >= 0.3 is 0 Å². The number of carbonyl (C=O) groups is 1. The van der Waals surface area contributed by atoms with Crippen molar-refractivity contribution in [2.75, 3.05) is 0 Å². The van der Waals surface area contributed by atoms with Crippen LogP contribution in [-0.2, 0) is 4.79 Å². The molecule has 2 N–H and O–H groups in total. The molecule has 17 heavy (non-hydrogen) atoms. The van der Waals surface area contributed by atoms with Gasteiger partial charge in [-0.3, -0.25) is 4.79 Å². The van der Waals surface area contributed by atoms with Crippen molar-refractivity contribution in [2.45, 2.75) is 65.0 Å². The van der Waals surface area contributed by atoms with Gasteiger partial charge in [0.05, 0.1) is 6.10 Å². The number of rotatable bonds is 6. The molecule has 0 aromatic heterocycles. The molecular formula is C14H25NO2. The van der Waals surface area contributed by atoms with Gasteiger partial charge in [0.15, 0.2) is 0 Å². The summed E-state index contributed by atoms with van der Waals surface area (Å²) in [7, 11) is 0. The van der Waals surface area contributed by atoms with E-state index >= 15 is 0 Å². The van der Waals surface area contributed by atoms with Crippen LogP contribution in [0, 0.1) is 5.41 Å². The lowest BCUT2D eigenvalue weighted by atomic mass is 9.81. The normalized spacial score (nSPS) is 23.1. The predicted octanol–water partition coefficient (Wildman–Crippen LogP) is 2.40. The number of aliphatic hydroxyl groups excluding tert-OH is 1. The van der Waals surface area contributed by atoms with Crippen molar-refractivity contribution >= 4 is 5.91 Å². The molecule has 3 heteroatoms. The van der Waals surface area contributed by atoms with Crippen molar-refractivity contribution in [3.63, 3.8) is 0 Å². The van der Waals surface area contributed by atoms with Gasteiger partial charge in [-0.1, -0.05) is 45.8 Å². The van der Waals surface area contributed by atoms with Crippen LogP contribution in [0.1, 0.15) is 52.9 Å². The first-order valence-electron chi connectivity index (χ1n) is 6.61. The van der Waals surface area contributed by atoms with Crippen molar-refractivity contribution in [3.05, 3.63) is 12.2 Å². The molecule has 1 saturated heterocycles. The highest BCUT2D eigenvalue weighted by Crippen LogP contribution is 2.28. The van der Waals surface area contributed by atoms with E-state index in [-0.39, 0.29) is 17.4 Å². The number of hydrogen-bond acceptors (Lipinski definition) is 2. The lowest BCUT2D eigenvalue weighted by Gasteiger charge is -2.28. The van der Waals surface area contributed by atoms with Gasteiger partial charge in [-0.05, 0) is 18.3 Å². The molecule has 1 fully saturated rings. The Morgan fingerprint density at radius 1 is 1.59 bits per heavy atom. The molecule has 2 unspecified atom stereocenters. The van der Waals surface area contributed by atoms with E-state index in [0.29, 0.717) is 6.42 Å². The molecule has 1 heterocycles. The molecule has 2 atom stereocenters. The molecule has 1 aliphatic heterocycles. The third kappa shape index (κ3) is 4.50. The average Bonchev–Trinajstić information content (AvgIpc) is 2.69. The summed E-state index contributed by atoms with van der Waals surface area (Å²) in [5.41, 5.74) is -0.0882. The highest BCUT2D eigenvalue weighted by Gasteiger charge is 2.26. The molecule has 0 aromatic rings. The monoisotopic (exact) mass is 239 g/mol. The zero-order chi connectivity index (χ0) is 12.9. The Balaban J connectivity index is 2.44. The van der Waals surface area contributed by atoms with E-state index in [0.717, 1.165) is 25.7 Å². The lowest BCUT2D eigenvalue weighted by Crippen LogP contribution is -2.29. The Hall–Kier alpha value is -0.830. The molecule has 0 bridgehead atoms. The van der Waals surface area contributed by atoms with E-state index < -0.39 is 6.10 Å². The molecule has 0 spiro atoms. The van der Waals surface area contributed by atoms with Crippen LogP contribution < -0.4 is 5.32 Å². The quantitative estimate of drug-likeness (QED) is 0.699. The molecule has 0 aliphatic carbocycles. The van der Waals surface area contributed by atoms with Crippen LogP contribution in [0.25, 0.3) is 0 Å². The van der Waals surface area contributed by atoms with E-state index in [9.17, 15) is 9.90 Å². The highest BCUT2D eigenvalue weighted by atomic mass is 16.3. The van der Waals surface area contributed by atoms with Gasteiger partial charge in [0.2, 0.25) is 5.91 Å². The topological polar surface area (TPSA) is 49.3 Å². The summed E-state index contributed by atoms with van der Waals surface area (Å²) in [6.07, 6.45) is 8.09. The minimum atomic E-state index is -0.438.